The number of hydrogen-bond donors (Lipinski definition) is 1. The molecule has 25 heavy (non-hydrogen) atoms. The smallest absolute Gasteiger partial charge is 0.245 e. The molecule has 0 saturated carbocycles. The third kappa shape index (κ3) is 4.25. The van der Waals surface area contributed by atoms with Crippen LogP contribution >= 0.6 is 11.6 Å². The van der Waals surface area contributed by atoms with Crippen molar-refractivity contribution in [3.8, 4) is 0 Å². The molecule has 0 bridgehead atoms. The molecule has 1 atom stereocenters. The van der Waals surface area contributed by atoms with E-state index in [1.165, 1.54) is 0 Å². The van der Waals surface area contributed by atoms with Crippen LogP contribution in [-0.2, 0) is 9.59 Å². The highest BCUT2D eigenvalue weighted by atomic mass is 35.5. The molecule has 0 spiro atoms. The van der Waals surface area contributed by atoms with E-state index in [4.69, 9.17) is 11.6 Å². The van der Waals surface area contributed by atoms with E-state index in [1.54, 1.807) is 35.4 Å². The van der Waals surface area contributed by atoms with Gasteiger partial charge in [0.15, 0.2) is 0 Å². The molecule has 0 aromatic heterocycles. The summed E-state index contributed by atoms with van der Waals surface area (Å²) in [7, 11) is 0. The maximum Gasteiger partial charge on any atom is 0.245 e. The molecular formula is C19H18ClN3O2. The van der Waals surface area contributed by atoms with Crippen LogP contribution in [0.4, 0.5) is 5.69 Å². The van der Waals surface area contributed by atoms with Crippen LogP contribution in [0.2, 0.25) is 5.02 Å². The summed E-state index contributed by atoms with van der Waals surface area (Å²) in [6, 6.07) is 14.8. The van der Waals surface area contributed by atoms with E-state index >= 15 is 0 Å². The van der Waals surface area contributed by atoms with Crippen LogP contribution < -0.4 is 10.3 Å². The SMILES string of the molecule is Cc1ccc(/C=N/NC(=O)C2CC(=O)N(c3ccc(Cl)cc3)C2)cc1. The number of carbonyl (C=O) groups is 2. The number of aryl methyl sites for hydroxylation is 1. The Labute approximate surface area is 151 Å². The number of nitrogens with one attached hydrogen (secondary N) is 1. The van der Waals surface area contributed by atoms with Crippen LogP contribution in [0.1, 0.15) is 17.5 Å². The molecule has 3 rings (SSSR count). The van der Waals surface area contributed by atoms with E-state index in [-0.39, 0.29) is 18.2 Å². The molecule has 1 heterocycles. The van der Waals surface area contributed by atoms with Gasteiger partial charge in [0.1, 0.15) is 0 Å². The summed E-state index contributed by atoms with van der Waals surface area (Å²) in [5, 5.41) is 4.58. The van der Waals surface area contributed by atoms with Crippen molar-refractivity contribution in [2.24, 2.45) is 11.0 Å². The molecule has 1 saturated heterocycles. The van der Waals surface area contributed by atoms with Gasteiger partial charge in [-0.15, -0.1) is 0 Å². The molecule has 1 unspecified atom stereocenters. The Morgan fingerprint density at radius 3 is 2.56 bits per heavy atom. The molecule has 5 nitrogen and oxygen atoms in total. The van der Waals surface area contributed by atoms with Gasteiger partial charge in [0.25, 0.3) is 0 Å². The average Bonchev–Trinajstić information content (AvgIpc) is 2.99. The summed E-state index contributed by atoms with van der Waals surface area (Å²) >= 11 is 5.87. The van der Waals surface area contributed by atoms with Crippen LogP contribution in [0.3, 0.4) is 0 Å². The number of halogens is 1. The van der Waals surface area contributed by atoms with Gasteiger partial charge in [0.2, 0.25) is 11.8 Å². The molecule has 1 aliphatic heterocycles. The molecule has 6 heteroatoms. The number of rotatable bonds is 4. The number of hydrazone groups is 1. The van der Waals surface area contributed by atoms with E-state index in [0.717, 1.165) is 16.8 Å². The lowest BCUT2D eigenvalue weighted by molar-refractivity contribution is -0.126. The fourth-order valence-electron chi connectivity index (χ4n) is 2.67. The molecule has 0 radical (unpaired) electrons. The van der Waals surface area contributed by atoms with E-state index < -0.39 is 5.92 Å². The number of benzene rings is 2. The Balaban J connectivity index is 1.59. The van der Waals surface area contributed by atoms with Gasteiger partial charge in [0.05, 0.1) is 12.1 Å². The minimum Gasteiger partial charge on any atom is -0.312 e. The van der Waals surface area contributed by atoms with Crippen molar-refractivity contribution in [3.05, 3.63) is 64.7 Å². The second kappa shape index (κ2) is 7.49. The second-order valence-corrected chi connectivity index (χ2v) is 6.46. The highest BCUT2D eigenvalue weighted by Gasteiger charge is 2.35. The minimum atomic E-state index is -0.418. The Kier molecular flexibility index (Phi) is 5.14. The van der Waals surface area contributed by atoms with Gasteiger partial charge >= 0.3 is 0 Å². The quantitative estimate of drug-likeness (QED) is 0.676. The van der Waals surface area contributed by atoms with Crippen LogP contribution in [0.25, 0.3) is 0 Å². The lowest BCUT2D eigenvalue weighted by Crippen LogP contribution is -2.30. The zero-order valence-electron chi connectivity index (χ0n) is 13.8. The van der Waals surface area contributed by atoms with Gasteiger partial charge in [-0.1, -0.05) is 41.4 Å². The monoisotopic (exact) mass is 355 g/mol. The lowest BCUT2D eigenvalue weighted by Gasteiger charge is -2.16. The second-order valence-electron chi connectivity index (χ2n) is 6.03. The Morgan fingerprint density at radius 2 is 1.88 bits per heavy atom. The van der Waals surface area contributed by atoms with Crippen molar-refractivity contribution >= 4 is 35.3 Å². The summed E-state index contributed by atoms with van der Waals surface area (Å²) in [6.07, 6.45) is 1.76. The van der Waals surface area contributed by atoms with Crippen molar-refractivity contribution in [2.75, 3.05) is 11.4 Å². The van der Waals surface area contributed by atoms with Crippen LogP contribution in [0.5, 0.6) is 0 Å². The lowest BCUT2D eigenvalue weighted by atomic mass is 10.1. The molecular weight excluding hydrogens is 338 g/mol. The Bertz CT molecular complexity index is 800. The molecule has 128 valence electrons. The van der Waals surface area contributed by atoms with Crippen molar-refractivity contribution in [1.29, 1.82) is 0 Å². The number of anilines is 1. The number of nitrogens with zero attached hydrogens (tertiary/aromatic N) is 2. The molecule has 0 aliphatic carbocycles. The third-order valence-electron chi connectivity index (χ3n) is 4.10. The predicted molar refractivity (Wildman–Crippen MR) is 98.8 cm³/mol. The molecule has 2 amide bonds. The molecule has 1 N–H and O–H groups in total. The Hall–Kier alpha value is -2.66. The molecule has 1 aliphatic rings. The van der Waals surface area contributed by atoms with E-state index in [1.807, 2.05) is 31.2 Å². The average molecular weight is 356 g/mol. The van der Waals surface area contributed by atoms with E-state index in [9.17, 15) is 9.59 Å². The zero-order valence-corrected chi connectivity index (χ0v) is 14.5. The molecule has 1 fully saturated rings. The zero-order chi connectivity index (χ0) is 17.8. The first-order valence-corrected chi connectivity index (χ1v) is 8.36. The van der Waals surface area contributed by atoms with Crippen molar-refractivity contribution < 1.29 is 9.59 Å². The van der Waals surface area contributed by atoms with Gasteiger partial charge in [-0.2, -0.15) is 5.10 Å². The maximum absolute atomic E-state index is 12.2. The van der Waals surface area contributed by atoms with Crippen molar-refractivity contribution in [1.82, 2.24) is 5.43 Å². The van der Waals surface area contributed by atoms with Gasteiger partial charge in [-0.3, -0.25) is 9.59 Å². The number of amides is 2. The standard InChI is InChI=1S/C19H18ClN3O2/c1-13-2-4-14(5-3-13)11-21-22-19(25)15-10-18(24)23(12-15)17-8-6-16(20)7-9-17/h2-9,11,15H,10,12H2,1H3,(H,22,25)/b21-11+. The summed E-state index contributed by atoms with van der Waals surface area (Å²) in [5.41, 5.74) is 5.32. The predicted octanol–water partition coefficient (Wildman–Crippen LogP) is 3.15. The summed E-state index contributed by atoms with van der Waals surface area (Å²) in [4.78, 5) is 26.0. The first-order valence-electron chi connectivity index (χ1n) is 7.98. The first kappa shape index (κ1) is 17.2. The fraction of sp³-hybridized carbons (Fsp3) is 0.211. The normalized spacial score (nSPS) is 17.3. The molecule has 2 aromatic rings. The van der Waals surface area contributed by atoms with Crippen LogP contribution in [0, 0.1) is 12.8 Å². The van der Waals surface area contributed by atoms with E-state index in [0.29, 0.717) is 11.6 Å². The molecule has 2 aromatic carbocycles. The fourth-order valence-corrected chi connectivity index (χ4v) is 2.79. The summed E-state index contributed by atoms with van der Waals surface area (Å²) in [5.74, 6) is -0.753. The van der Waals surface area contributed by atoms with Gasteiger partial charge in [-0.05, 0) is 36.8 Å². The van der Waals surface area contributed by atoms with Gasteiger partial charge in [-0.25, -0.2) is 5.43 Å². The van der Waals surface area contributed by atoms with Crippen LogP contribution in [0.15, 0.2) is 53.6 Å². The van der Waals surface area contributed by atoms with Gasteiger partial charge < -0.3 is 4.90 Å². The highest BCUT2D eigenvalue weighted by Crippen LogP contribution is 2.26. The minimum absolute atomic E-state index is 0.0787. The van der Waals surface area contributed by atoms with Crippen LogP contribution in [-0.4, -0.2) is 24.6 Å². The summed E-state index contributed by atoms with van der Waals surface area (Å²) < 4.78 is 0. The summed E-state index contributed by atoms with van der Waals surface area (Å²) in [6.45, 7) is 2.35. The Morgan fingerprint density at radius 1 is 1.20 bits per heavy atom. The van der Waals surface area contributed by atoms with Gasteiger partial charge in [0, 0.05) is 23.7 Å². The van der Waals surface area contributed by atoms with Crippen molar-refractivity contribution in [3.63, 3.8) is 0 Å². The van der Waals surface area contributed by atoms with E-state index in [2.05, 4.69) is 10.5 Å². The third-order valence-corrected chi connectivity index (χ3v) is 4.35. The highest BCUT2D eigenvalue weighted by molar-refractivity contribution is 6.30. The van der Waals surface area contributed by atoms with Crippen molar-refractivity contribution in [2.45, 2.75) is 13.3 Å². The first-order chi connectivity index (χ1) is 12.0. The maximum atomic E-state index is 12.2. The number of carbonyl (C=O) groups excluding carboxylic acids is 2. The largest absolute Gasteiger partial charge is 0.312 e. The topological polar surface area (TPSA) is 61.8 Å². The number of hydrogen-bond acceptors (Lipinski definition) is 3.